The highest BCUT2D eigenvalue weighted by molar-refractivity contribution is 5.85. The summed E-state index contributed by atoms with van der Waals surface area (Å²) in [6.07, 6.45) is -0.166. The minimum absolute atomic E-state index is 0.216. The van der Waals surface area contributed by atoms with Gasteiger partial charge in [0.1, 0.15) is 11.6 Å². The second-order valence-corrected chi connectivity index (χ2v) is 5.78. The van der Waals surface area contributed by atoms with Crippen molar-refractivity contribution in [2.45, 2.75) is 45.8 Å². The van der Waals surface area contributed by atoms with Gasteiger partial charge in [-0.05, 0) is 33.3 Å². The highest BCUT2D eigenvalue weighted by atomic mass is 16.6. The fraction of sp³-hybridized carbons (Fsp3) is 0.500. The van der Waals surface area contributed by atoms with Gasteiger partial charge in [0.05, 0.1) is 0 Å². The molecule has 116 valence electrons. The third kappa shape index (κ3) is 6.79. The van der Waals surface area contributed by atoms with E-state index in [0.717, 1.165) is 5.56 Å². The highest BCUT2D eigenvalue weighted by Gasteiger charge is 2.24. The summed E-state index contributed by atoms with van der Waals surface area (Å²) in [5.41, 5.74) is 0.382. The van der Waals surface area contributed by atoms with Crippen molar-refractivity contribution >= 4 is 12.0 Å². The molecule has 0 saturated carbocycles. The van der Waals surface area contributed by atoms with Gasteiger partial charge in [0.25, 0.3) is 0 Å². The Kier molecular flexibility index (Phi) is 6.21. The highest BCUT2D eigenvalue weighted by Crippen LogP contribution is 2.08. The lowest BCUT2D eigenvalue weighted by atomic mass is 10.1. The zero-order chi connectivity index (χ0) is 15.9. The van der Waals surface area contributed by atoms with E-state index in [9.17, 15) is 9.59 Å². The van der Waals surface area contributed by atoms with Gasteiger partial charge in [0, 0.05) is 13.0 Å². The average molecular weight is 292 g/mol. The van der Waals surface area contributed by atoms with Crippen LogP contribution in [0, 0.1) is 0 Å². The van der Waals surface area contributed by atoms with Crippen molar-refractivity contribution in [3.63, 3.8) is 0 Å². The molecule has 0 bridgehead atoms. The SMILES string of the molecule is CCNC(=O)[C@H](Cc1ccccc1)NC(=O)OC(C)(C)C. The number of amides is 2. The molecule has 1 rings (SSSR count). The second-order valence-electron chi connectivity index (χ2n) is 5.78. The number of hydrogen-bond acceptors (Lipinski definition) is 3. The number of alkyl carbamates (subject to hydrolysis) is 1. The fourth-order valence-corrected chi connectivity index (χ4v) is 1.81. The molecule has 1 aromatic rings. The topological polar surface area (TPSA) is 67.4 Å². The van der Waals surface area contributed by atoms with Crippen molar-refractivity contribution in [3.05, 3.63) is 35.9 Å². The zero-order valence-electron chi connectivity index (χ0n) is 13.1. The lowest BCUT2D eigenvalue weighted by molar-refractivity contribution is -0.123. The molecule has 0 unspecified atom stereocenters. The predicted molar refractivity (Wildman–Crippen MR) is 82.0 cm³/mol. The first-order valence-corrected chi connectivity index (χ1v) is 7.13. The van der Waals surface area contributed by atoms with Crippen LogP contribution >= 0.6 is 0 Å². The normalized spacial score (nSPS) is 12.4. The molecule has 1 atom stereocenters. The largest absolute Gasteiger partial charge is 0.444 e. The summed E-state index contributed by atoms with van der Waals surface area (Å²) in [6, 6.07) is 8.90. The van der Waals surface area contributed by atoms with E-state index in [2.05, 4.69) is 10.6 Å². The third-order valence-electron chi connectivity index (χ3n) is 2.64. The molecule has 21 heavy (non-hydrogen) atoms. The molecule has 2 amide bonds. The van der Waals surface area contributed by atoms with E-state index in [1.165, 1.54) is 0 Å². The van der Waals surface area contributed by atoms with Crippen LogP contribution in [0.1, 0.15) is 33.3 Å². The Balaban J connectivity index is 2.73. The van der Waals surface area contributed by atoms with Crippen LogP contribution in [0.15, 0.2) is 30.3 Å². The first-order valence-electron chi connectivity index (χ1n) is 7.13. The van der Waals surface area contributed by atoms with Crippen LogP contribution < -0.4 is 10.6 Å². The summed E-state index contributed by atoms with van der Waals surface area (Å²) in [7, 11) is 0. The first-order chi connectivity index (χ1) is 9.81. The molecule has 5 nitrogen and oxygen atoms in total. The van der Waals surface area contributed by atoms with E-state index >= 15 is 0 Å². The molecule has 0 fully saturated rings. The average Bonchev–Trinajstić information content (AvgIpc) is 2.37. The van der Waals surface area contributed by atoms with Gasteiger partial charge in [-0.1, -0.05) is 30.3 Å². The van der Waals surface area contributed by atoms with Crippen LogP contribution in [0.25, 0.3) is 0 Å². The number of carbonyl (C=O) groups excluding carboxylic acids is 2. The molecule has 0 aliphatic heterocycles. The third-order valence-corrected chi connectivity index (χ3v) is 2.64. The molecule has 0 spiro atoms. The zero-order valence-corrected chi connectivity index (χ0v) is 13.1. The number of benzene rings is 1. The molecule has 0 aliphatic carbocycles. The molecule has 5 heteroatoms. The molecular weight excluding hydrogens is 268 g/mol. The minimum Gasteiger partial charge on any atom is -0.444 e. The molecule has 2 N–H and O–H groups in total. The van der Waals surface area contributed by atoms with Crippen molar-refractivity contribution in [1.29, 1.82) is 0 Å². The summed E-state index contributed by atoms with van der Waals surface area (Å²) in [6.45, 7) is 7.70. The summed E-state index contributed by atoms with van der Waals surface area (Å²) < 4.78 is 5.20. The summed E-state index contributed by atoms with van der Waals surface area (Å²) in [5.74, 6) is -0.216. The lowest BCUT2D eigenvalue weighted by Gasteiger charge is -2.23. The van der Waals surface area contributed by atoms with E-state index in [1.807, 2.05) is 37.3 Å². The Morgan fingerprint density at radius 2 is 1.81 bits per heavy atom. The van der Waals surface area contributed by atoms with Gasteiger partial charge in [-0.3, -0.25) is 4.79 Å². The van der Waals surface area contributed by atoms with Crippen LogP contribution in [0.5, 0.6) is 0 Å². The maximum Gasteiger partial charge on any atom is 0.408 e. The number of likely N-dealkylation sites (N-methyl/N-ethyl adjacent to an activating group) is 1. The standard InChI is InChI=1S/C16H24N2O3/c1-5-17-14(19)13(11-12-9-7-6-8-10-12)18-15(20)21-16(2,3)4/h6-10,13H,5,11H2,1-4H3,(H,17,19)(H,18,20)/t13-/m0/s1. The Bertz CT molecular complexity index is 466. The van der Waals surface area contributed by atoms with E-state index in [0.29, 0.717) is 13.0 Å². The number of rotatable bonds is 5. The Hall–Kier alpha value is -2.04. The van der Waals surface area contributed by atoms with Crippen LogP contribution in [-0.2, 0) is 16.0 Å². The van der Waals surface area contributed by atoms with Crippen molar-refractivity contribution in [2.24, 2.45) is 0 Å². The maximum absolute atomic E-state index is 12.1. The van der Waals surface area contributed by atoms with E-state index < -0.39 is 17.7 Å². The second kappa shape index (κ2) is 7.67. The number of hydrogen-bond donors (Lipinski definition) is 2. The smallest absolute Gasteiger partial charge is 0.408 e. The van der Waals surface area contributed by atoms with Crippen molar-refractivity contribution in [2.75, 3.05) is 6.54 Å². The van der Waals surface area contributed by atoms with E-state index in [4.69, 9.17) is 4.74 Å². The van der Waals surface area contributed by atoms with Gasteiger partial charge in [0.2, 0.25) is 5.91 Å². The van der Waals surface area contributed by atoms with Crippen LogP contribution in [0.4, 0.5) is 4.79 Å². The van der Waals surface area contributed by atoms with Crippen LogP contribution in [0.3, 0.4) is 0 Å². The molecule has 0 saturated heterocycles. The van der Waals surface area contributed by atoms with Gasteiger partial charge in [-0.2, -0.15) is 0 Å². The van der Waals surface area contributed by atoms with Crippen molar-refractivity contribution < 1.29 is 14.3 Å². The first kappa shape index (κ1) is 17.0. The van der Waals surface area contributed by atoms with E-state index in [-0.39, 0.29) is 5.91 Å². The van der Waals surface area contributed by atoms with Gasteiger partial charge in [-0.15, -0.1) is 0 Å². The quantitative estimate of drug-likeness (QED) is 0.874. The van der Waals surface area contributed by atoms with Crippen LogP contribution in [-0.4, -0.2) is 30.2 Å². The van der Waals surface area contributed by atoms with Gasteiger partial charge >= 0.3 is 6.09 Å². The molecule has 0 heterocycles. The van der Waals surface area contributed by atoms with Crippen molar-refractivity contribution in [1.82, 2.24) is 10.6 Å². The number of carbonyl (C=O) groups is 2. The Morgan fingerprint density at radius 1 is 1.19 bits per heavy atom. The minimum atomic E-state index is -0.651. The Labute approximate surface area is 126 Å². The monoisotopic (exact) mass is 292 g/mol. The predicted octanol–water partition coefficient (Wildman–Crippen LogP) is 2.26. The summed E-state index contributed by atoms with van der Waals surface area (Å²) in [4.78, 5) is 23.9. The van der Waals surface area contributed by atoms with Crippen LogP contribution in [0.2, 0.25) is 0 Å². The molecule has 1 aromatic carbocycles. The van der Waals surface area contributed by atoms with Crippen molar-refractivity contribution in [3.8, 4) is 0 Å². The molecule has 0 radical (unpaired) electrons. The maximum atomic E-state index is 12.1. The number of nitrogens with one attached hydrogen (secondary N) is 2. The molecular formula is C16H24N2O3. The van der Waals surface area contributed by atoms with Gasteiger partial charge in [-0.25, -0.2) is 4.79 Å². The van der Waals surface area contributed by atoms with E-state index in [1.54, 1.807) is 20.8 Å². The lowest BCUT2D eigenvalue weighted by Crippen LogP contribution is -2.49. The van der Waals surface area contributed by atoms with Gasteiger partial charge in [0.15, 0.2) is 0 Å². The summed E-state index contributed by atoms with van der Waals surface area (Å²) in [5, 5.41) is 5.36. The summed E-state index contributed by atoms with van der Waals surface area (Å²) >= 11 is 0. The fourth-order valence-electron chi connectivity index (χ4n) is 1.81. The van der Waals surface area contributed by atoms with Gasteiger partial charge < -0.3 is 15.4 Å². The molecule has 0 aliphatic rings. The Morgan fingerprint density at radius 3 is 2.33 bits per heavy atom. The number of ether oxygens (including phenoxy) is 1. The molecule has 0 aromatic heterocycles.